The molecule has 2 aromatic rings. The van der Waals surface area contributed by atoms with Gasteiger partial charge in [-0.05, 0) is 74.5 Å². The Labute approximate surface area is 217 Å². The van der Waals surface area contributed by atoms with Crippen LogP contribution in [0.2, 0.25) is 0 Å². The van der Waals surface area contributed by atoms with Gasteiger partial charge < -0.3 is 10.4 Å². The molecule has 6 nitrogen and oxygen atoms in total. The lowest BCUT2D eigenvalue weighted by molar-refractivity contribution is -0.143. The van der Waals surface area contributed by atoms with Crippen LogP contribution in [0.15, 0.2) is 36.4 Å². The van der Waals surface area contributed by atoms with Crippen LogP contribution in [0.3, 0.4) is 0 Å². The first-order valence-corrected chi connectivity index (χ1v) is 14.1. The van der Waals surface area contributed by atoms with Crippen molar-refractivity contribution < 1.29 is 19.1 Å². The van der Waals surface area contributed by atoms with Gasteiger partial charge in [0.25, 0.3) is 5.91 Å². The molecular weight excluding hydrogens is 469 g/mol. The van der Waals surface area contributed by atoms with E-state index in [2.05, 4.69) is 16.1 Å². The average molecular weight is 506 g/mol. The van der Waals surface area contributed by atoms with Crippen molar-refractivity contribution in [1.82, 2.24) is 15.1 Å². The van der Waals surface area contributed by atoms with Gasteiger partial charge in [0.2, 0.25) is 0 Å². The first-order chi connectivity index (χ1) is 18.0. The molecule has 1 heterocycles. The molecule has 2 fully saturated rings. The number of aliphatic carboxylic acids is 1. The Bertz CT molecular complexity index is 1210. The summed E-state index contributed by atoms with van der Waals surface area (Å²) in [5.74, 6) is -1.67. The number of benzene rings is 1. The lowest BCUT2D eigenvalue weighted by Gasteiger charge is -2.27. The van der Waals surface area contributed by atoms with Crippen LogP contribution in [0.25, 0.3) is 0 Å². The molecule has 2 bridgehead atoms. The minimum atomic E-state index is -0.844. The predicted octanol–water partition coefficient (Wildman–Crippen LogP) is 5.59. The smallest absolute Gasteiger partial charge is 0.309 e. The Morgan fingerprint density at radius 1 is 1.05 bits per heavy atom. The van der Waals surface area contributed by atoms with Crippen LogP contribution in [0.5, 0.6) is 0 Å². The Morgan fingerprint density at radius 3 is 2.62 bits per heavy atom. The van der Waals surface area contributed by atoms with Gasteiger partial charge in [0.05, 0.1) is 12.0 Å². The number of halogens is 1. The highest BCUT2D eigenvalue weighted by molar-refractivity contribution is 5.95. The summed E-state index contributed by atoms with van der Waals surface area (Å²) in [6, 6.07) is 6.72. The molecule has 2 saturated carbocycles. The fourth-order valence-corrected chi connectivity index (χ4v) is 7.50. The molecule has 4 aliphatic carbocycles. The highest BCUT2D eigenvalue weighted by atomic mass is 19.1. The molecular formula is C30H36FN3O3. The molecule has 3 unspecified atom stereocenters. The highest BCUT2D eigenvalue weighted by Crippen LogP contribution is 2.44. The third kappa shape index (κ3) is 4.62. The van der Waals surface area contributed by atoms with Crippen molar-refractivity contribution >= 4 is 11.9 Å². The van der Waals surface area contributed by atoms with Crippen LogP contribution in [0.4, 0.5) is 4.39 Å². The number of carbonyl (C=O) groups excluding carboxylic acids is 1. The van der Waals surface area contributed by atoms with Crippen LogP contribution in [-0.2, 0) is 17.6 Å². The van der Waals surface area contributed by atoms with Gasteiger partial charge in [-0.3, -0.25) is 14.3 Å². The number of nitrogens with zero attached hydrogens (tertiary/aromatic N) is 2. The molecule has 0 aliphatic heterocycles. The number of hydrogen-bond donors (Lipinski definition) is 2. The van der Waals surface area contributed by atoms with Gasteiger partial charge in [-0.1, -0.05) is 50.0 Å². The minimum Gasteiger partial charge on any atom is -0.481 e. The van der Waals surface area contributed by atoms with E-state index >= 15 is 0 Å². The standard InChI is InChI=1S/C30H36FN3O3/c31-22-9-6-7-18(16-22)15-21-8-4-5-12-24-27(33-34(28(21)24)23-10-2-1-3-11-23)29(35)32-26-20-14-13-19(17-20)25(26)30(36)37/h6-7,9,13-14,16,19-21,23,25-26H,1-5,8,10-12,15,17H2,(H,32,35)(H,36,37)/t19?,20?,21?,25-,26+/m0/s1. The van der Waals surface area contributed by atoms with Gasteiger partial charge >= 0.3 is 5.97 Å². The molecule has 1 aromatic carbocycles. The number of carboxylic acid groups (broad SMARTS) is 1. The molecule has 0 radical (unpaired) electrons. The molecule has 7 heteroatoms. The van der Waals surface area contributed by atoms with Crippen molar-refractivity contribution in [1.29, 1.82) is 0 Å². The SMILES string of the molecule is O=C(N[C@@H]1C2C=CC(C2)[C@@H]1C(=O)O)c1nn(C2CCCCC2)c2c1CCCCC2Cc1cccc(F)c1. The zero-order valence-electron chi connectivity index (χ0n) is 21.2. The summed E-state index contributed by atoms with van der Waals surface area (Å²) in [5, 5.41) is 18.0. The topological polar surface area (TPSA) is 84.2 Å². The van der Waals surface area contributed by atoms with E-state index in [9.17, 15) is 19.1 Å². The number of hydrogen-bond acceptors (Lipinski definition) is 3. The zero-order valence-corrected chi connectivity index (χ0v) is 21.2. The maximum atomic E-state index is 14.0. The van der Waals surface area contributed by atoms with E-state index in [1.54, 1.807) is 12.1 Å². The van der Waals surface area contributed by atoms with Crippen LogP contribution in [0.1, 0.15) is 97.1 Å². The first-order valence-electron chi connectivity index (χ1n) is 14.1. The zero-order chi connectivity index (χ0) is 25.5. The largest absolute Gasteiger partial charge is 0.481 e. The number of amides is 1. The van der Waals surface area contributed by atoms with Gasteiger partial charge in [-0.15, -0.1) is 0 Å². The van der Waals surface area contributed by atoms with E-state index in [-0.39, 0.29) is 35.5 Å². The second kappa shape index (κ2) is 10.1. The van der Waals surface area contributed by atoms with Gasteiger partial charge in [-0.2, -0.15) is 5.10 Å². The number of rotatable bonds is 6. The van der Waals surface area contributed by atoms with Crippen LogP contribution in [0, 0.1) is 23.6 Å². The van der Waals surface area contributed by atoms with E-state index in [0.717, 1.165) is 81.0 Å². The van der Waals surface area contributed by atoms with Crippen LogP contribution < -0.4 is 5.32 Å². The van der Waals surface area contributed by atoms with Crippen molar-refractivity contribution in [2.75, 3.05) is 0 Å². The van der Waals surface area contributed by atoms with Gasteiger partial charge in [0.15, 0.2) is 5.69 Å². The molecule has 1 aromatic heterocycles. The van der Waals surface area contributed by atoms with Crippen LogP contribution >= 0.6 is 0 Å². The summed E-state index contributed by atoms with van der Waals surface area (Å²) in [4.78, 5) is 25.8. The average Bonchev–Trinajstić information content (AvgIpc) is 3.56. The molecule has 0 spiro atoms. The molecule has 2 N–H and O–H groups in total. The van der Waals surface area contributed by atoms with E-state index in [1.165, 1.54) is 12.5 Å². The number of nitrogens with one attached hydrogen (secondary N) is 1. The minimum absolute atomic E-state index is 0.0136. The Kier molecular flexibility index (Phi) is 6.63. The maximum absolute atomic E-state index is 14.0. The van der Waals surface area contributed by atoms with Gasteiger partial charge in [-0.25, -0.2) is 4.39 Å². The molecule has 37 heavy (non-hydrogen) atoms. The molecule has 4 aliphatic rings. The number of carboxylic acids is 1. The third-order valence-corrected chi connectivity index (χ3v) is 9.21. The van der Waals surface area contributed by atoms with Crippen LogP contribution in [-0.4, -0.2) is 32.8 Å². The Morgan fingerprint density at radius 2 is 1.84 bits per heavy atom. The second-order valence-electron chi connectivity index (χ2n) is 11.5. The van der Waals surface area contributed by atoms with Crippen molar-refractivity contribution in [2.45, 2.75) is 88.6 Å². The number of carbonyl (C=O) groups is 2. The lowest BCUT2D eigenvalue weighted by atomic mass is 9.88. The van der Waals surface area contributed by atoms with E-state index in [1.807, 2.05) is 12.1 Å². The number of allylic oxidation sites excluding steroid dienone is 1. The summed E-state index contributed by atoms with van der Waals surface area (Å²) in [6.45, 7) is 0. The van der Waals surface area contributed by atoms with Gasteiger partial charge in [0.1, 0.15) is 5.82 Å². The second-order valence-corrected chi connectivity index (χ2v) is 11.5. The van der Waals surface area contributed by atoms with Crippen molar-refractivity contribution in [2.24, 2.45) is 17.8 Å². The van der Waals surface area contributed by atoms with Crippen molar-refractivity contribution in [3.63, 3.8) is 0 Å². The van der Waals surface area contributed by atoms with Crippen molar-refractivity contribution in [3.8, 4) is 0 Å². The summed E-state index contributed by atoms with van der Waals surface area (Å²) in [5.41, 5.74) is 3.62. The van der Waals surface area contributed by atoms with E-state index in [4.69, 9.17) is 5.10 Å². The molecule has 196 valence electrons. The summed E-state index contributed by atoms with van der Waals surface area (Å²) < 4.78 is 16.2. The molecule has 5 atom stereocenters. The Hall–Kier alpha value is -2.96. The van der Waals surface area contributed by atoms with E-state index in [0.29, 0.717) is 5.69 Å². The van der Waals surface area contributed by atoms with E-state index < -0.39 is 17.9 Å². The molecule has 1 amide bonds. The summed E-state index contributed by atoms with van der Waals surface area (Å²) in [6.07, 6.45) is 15.0. The lowest BCUT2D eigenvalue weighted by Crippen LogP contribution is -2.46. The monoisotopic (exact) mass is 505 g/mol. The van der Waals surface area contributed by atoms with Gasteiger partial charge in [0, 0.05) is 23.2 Å². The maximum Gasteiger partial charge on any atom is 0.309 e. The summed E-state index contributed by atoms with van der Waals surface area (Å²) in [7, 11) is 0. The quantitative estimate of drug-likeness (QED) is 0.396. The summed E-state index contributed by atoms with van der Waals surface area (Å²) >= 11 is 0. The number of fused-ring (bicyclic) bond motifs is 3. The fraction of sp³-hybridized carbons (Fsp3) is 0.567. The first kappa shape index (κ1) is 24.4. The molecule has 6 rings (SSSR count). The van der Waals surface area contributed by atoms with Crippen molar-refractivity contribution in [3.05, 3.63) is 64.7 Å². The fourth-order valence-electron chi connectivity index (χ4n) is 7.50. The third-order valence-electron chi connectivity index (χ3n) is 9.21. The highest BCUT2D eigenvalue weighted by Gasteiger charge is 2.49. The normalized spacial score (nSPS) is 29.2. The Balaban J connectivity index is 1.36. The number of aromatic nitrogens is 2. The predicted molar refractivity (Wildman–Crippen MR) is 138 cm³/mol. The molecule has 0 saturated heterocycles.